The summed E-state index contributed by atoms with van der Waals surface area (Å²) >= 11 is 0. The Morgan fingerprint density at radius 3 is 2.73 bits per heavy atom. The van der Waals surface area contributed by atoms with Crippen LogP contribution in [0.25, 0.3) is 5.69 Å². The van der Waals surface area contributed by atoms with E-state index in [1.807, 2.05) is 0 Å². The van der Waals surface area contributed by atoms with Gasteiger partial charge in [-0.05, 0) is 42.8 Å². The molecule has 1 amide bonds. The number of aliphatic hydroxyl groups excluding tert-OH is 1. The molecule has 1 atom stereocenters. The molecule has 156 valence electrons. The molecule has 30 heavy (non-hydrogen) atoms. The number of amides is 1. The van der Waals surface area contributed by atoms with Gasteiger partial charge in [0.1, 0.15) is 11.9 Å². The molecule has 4 rings (SSSR count). The van der Waals surface area contributed by atoms with Gasteiger partial charge in [-0.15, -0.1) is 0 Å². The molecule has 0 aliphatic carbocycles. The largest absolute Gasteiger partial charge is 0.416 e. The number of hydrogen-bond acceptors (Lipinski definition) is 4. The number of nitrogens with one attached hydrogen (secondary N) is 1. The Bertz CT molecular complexity index is 1140. The molecule has 10 heteroatoms. The maximum atomic E-state index is 13.7. The van der Waals surface area contributed by atoms with Crippen molar-refractivity contribution in [3.8, 4) is 5.69 Å². The summed E-state index contributed by atoms with van der Waals surface area (Å²) in [5.74, 6) is -1.34. The van der Waals surface area contributed by atoms with Gasteiger partial charge in [-0.1, -0.05) is 0 Å². The van der Waals surface area contributed by atoms with Crippen molar-refractivity contribution in [3.05, 3.63) is 76.1 Å². The number of halogens is 4. The standard InChI is InChI=1S/C20H16F4N4O2/c1-10-17-16(3-5-26-19(17)30)28(27-10)14-2-4-25-15(9-14)18(29)11-6-12(20(22,23)24)8-13(21)7-11/h2,4,6-9,18,29H,3,5H2,1H3,(H,26,30). The summed E-state index contributed by atoms with van der Waals surface area (Å²) in [5, 5.41) is 17.7. The first-order valence-corrected chi connectivity index (χ1v) is 9.04. The zero-order chi connectivity index (χ0) is 21.6. The maximum Gasteiger partial charge on any atom is 0.416 e. The Morgan fingerprint density at radius 1 is 1.23 bits per heavy atom. The van der Waals surface area contributed by atoms with E-state index in [1.54, 1.807) is 17.7 Å². The smallest absolute Gasteiger partial charge is 0.382 e. The quantitative estimate of drug-likeness (QED) is 0.639. The minimum atomic E-state index is -4.75. The average Bonchev–Trinajstić information content (AvgIpc) is 3.04. The molecular weight excluding hydrogens is 404 g/mol. The van der Waals surface area contributed by atoms with Crippen LogP contribution in [0.3, 0.4) is 0 Å². The van der Waals surface area contributed by atoms with E-state index >= 15 is 0 Å². The number of nitrogens with zero attached hydrogens (tertiary/aromatic N) is 3. The van der Waals surface area contributed by atoms with Gasteiger partial charge in [-0.25, -0.2) is 9.07 Å². The predicted octanol–water partition coefficient (Wildman–Crippen LogP) is 3.10. The van der Waals surface area contributed by atoms with E-state index in [4.69, 9.17) is 0 Å². The summed E-state index contributed by atoms with van der Waals surface area (Å²) in [6, 6.07) is 4.93. The maximum absolute atomic E-state index is 13.7. The number of aliphatic hydroxyl groups is 1. The number of benzene rings is 1. The Hall–Kier alpha value is -3.27. The lowest BCUT2D eigenvalue weighted by Gasteiger charge is -2.17. The van der Waals surface area contributed by atoms with Gasteiger partial charge >= 0.3 is 6.18 Å². The lowest BCUT2D eigenvalue weighted by atomic mass is 10.0. The number of aromatic nitrogens is 3. The van der Waals surface area contributed by atoms with Crippen molar-refractivity contribution in [3.63, 3.8) is 0 Å². The number of aryl methyl sites for hydroxylation is 1. The van der Waals surface area contributed by atoms with Gasteiger partial charge in [0.05, 0.1) is 33.9 Å². The SMILES string of the molecule is Cc1nn(-c2ccnc(C(O)c3cc(F)cc(C(F)(F)F)c3)c2)c2c1C(=O)NCC2. The van der Waals surface area contributed by atoms with Crippen LogP contribution in [0.1, 0.15) is 44.7 Å². The van der Waals surface area contributed by atoms with Gasteiger partial charge in [-0.2, -0.15) is 18.3 Å². The number of rotatable bonds is 3. The molecule has 2 N–H and O–H groups in total. The van der Waals surface area contributed by atoms with Gasteiger partial charge in [0.2, 0.25) is 0 Å². The number of carbonyl (C=O) groups is 1. The zero-order valence-corrected chi connectivity index (χ0v) is 15.7. The van der Waals surface area contributed by atoms with E-state index in [-0.39, 0.29) is 17.2 Å². The van der Waals surface area contributed by atoms with Gasteiger partial charge in [0, 0.05) is 19.2 Å². The first-order chi connectivity index (χ1) is 14.1. The van der Waals surface area contributed by atoms with Crippen molar-refractivity contribution >= 4 is 5.91 Å². The predicted molar refractivity (Wildman–Crippen MR) is 97.6 cm³/mol. The molecule has 2 aromatic heterocycles. The molecule has 6 nitrogen and oxygen atoms in total. The van der Waals surface area contributed by atoms with Crippen LogP contribution in [0.5, 0.6) is 0 Å². The highest BCUT2D eigenvalue weighted by molar-refractivity contribution is 5.97. The third kappa shape index (κ3) is 3.54. The van der Waals surface area contributed by atoms with E-state index in [9.17, 15) is 27.5 Å². The lowest BCUT2D eigenvalue weighted by molar-refractivity contribution is -0.137. The Morgan fingerprint density at radius 2 is 2.00 bits per heavy atom. The average molecular weight is 420 g/mol. The van der Waals surface area contributed by atoms with Gasteiger partial charge < -0.3 is 10.4 Å². The fraction of sp³-hybridized carbons (Fsp3) is 0.250. The van der Waals surface area contributed by atoms with E-state index in [0.29, 0.717) is 47.7 Å². The highest BCUT2D eigenvalue weighted by Gasteiger charge is 2.32. The van der Waals surface area contributed by atoms with Crippen LogP contribution in [-0.2, 0) is 12.6 Å². The highest BCUT2D eigenvalue weighted by atomic mass is 19.4. The van der Waals surface area contributed by atoms with E-state index in [1.165, 1.54) is 12.3 Å². The minimum Gasteiger partial charge on any atom is -0.382 e. The molecule has 1 aliphatic rings. The van der Waals surface area contributed by atoms with Crippen LogP contribution >= 0.6 is 0 Å². The molecule has 3 heterocycles. The second kappa shape index (κ2) is 7.21. The van der Waals surface area contributed by atoms with Gasteiger partial charge in [0.25, 0.3) is 5.91 Å². The number of hydrogen-bond donors (Lipinski definition) is 2. The van der Waals surface area contributed by atoms with Crippen LogP contribution in [0, 0.1) is 12.7 Å². The number of carbonyl (C=O) groups excluding carboxylic acids is 1. The van der Waals surface area contributed by atoms with Crippen LogP contribution in [-0.4, -0.2) is 32.3 Å². The fourth-order valence-electron chi connectivity index (χ4n) is 3.52. The molecule has 0 spiro atoms. The van der Waals surface area contributed by atoms with Crippen molar-refractivity contribution in [1.29, 1.82) is 0 Å². The fourth-order valence-corrected chi connectivity index (χ4v) is 3.52. The van der Waals surface area contributed by atoms with Crippen molar-refractivity contribution in [1.82, 2.24) is 20.1 Å². The normalized spacial score (nSPS) is 14.9. The molecule has 1 unspecified atom stereocenters. The Balaban J connectivity index is 1.74. The van der Waals surface area contributed by atoms with Crippen LogP contribution < -0.4 is 5.32 Å². The number of pyridine rings is 1. The lowest BCUT2D eigenvalue weighted by Crippen LogP contribution is -2.32. The summed E-state index contributed by atoms with van der Waals surface area (Å²) < 4.78 is 54.2. The topological polar surface area (TPSA) is 80.0 Å². The second-order valence-electron chi connectivity index (χ2n) is 6.94. The summed E-state index contributed by atoms with van der Waals surface area (Å²) in [4.78, 5) is 16.1. The molecular formula is C20H16F4N4O2. The summed E-state index contributed by atoms with van der Waals surface area (Å²) in [5.41, 5.74) is 0.716. The van der Waals surface area contributed by atoms with Crippen molar-refractivity contribution in [2.24, 2.45) is 0 Å². The van der Waals surface area contributed by atoms with E-state index in [2.05, 4.69) is 15.4 Å². The van der Waals surface area contributed by atoms with E-state index in [0.717, 1.165) is 6.07 Å². The molecule has 0 saturated carbocycles. The van der Waals surface area contributed by atoms with Crippen LogP contribution in [0.15, 0.2) is 36.5 Å². The molecule has 0 fully saturated rings. The zero-order valence-electron chi connectivity index (χ0n) is 15.7. The van der Waals surface area contributed by atoms with Crippen molar-refractivity contribution in [2.45, 2.75) is 25.6 Å². The Labute approximate surface area is 168 Å². The highest BCUT2D eigenvalue weighted by Crippen LogP contribution is 2.33. The van der Waals surface area contributed by atoms with Crippen LogP contribution in [0.4, 0.5) is 17.6 Å². The second-order valence-corrected chi connectivity index (χ2v) is 6.94. The van der Waals surface area contributed by atoms with E-state index < -0.39 is 23.7 Å². The van der Waals surface area contributed by atoms with Crippen molar-refractivity contribution < 1.29 is 27.5 Å². The van der Waals surface area contributed by atoms with Crippen LogP contribution in [0.2, 0.25) is 0 Å². The minimum absolute atomic E-state index is 0.0217. The third-order valence-electron chi connectivity index (χ3n) is 4.88. The van der Waals surface area contributed by atoms with Crippen molar-refractivity contribution in [2.75, 3.05) is 6.54 Å². The third-order valence-corrected chi connectivity index (χ3v) is 4.88. The number of fused-ring (bicyclic) bond motifs is 1. The Kier molecular flexibility index (Phi) is 4.81. The molecule has 1 aromatic carbocycles. The monoisotopic (exact) mass is 420 g/mol. The van der Waals surface area contributed by atoms with Gasteiger partial charge in [0.15, 0.2) is 0 Å². The summed E-state index contributed by atoms with van der Waals surface area (Å²) in [6.07, 6.45) is -4.43. The first kappa shape index (κ1) is 20.0. The van der Waals surface area contributed by atoms with Gasteiger partial charge in [-0.3, -0.25) is 9.78 Å². The molecule has 0 radical (unpaired) electrons. The molecule has 3 aromatic rings. The molecule has 0 bridgehead atoms. The summed E-state index contributed by atoms with van der Waals surface area (Å²) in [6.45, 7) is 2.14. The first-order valence-electron chi connectivity index (χ1n) is 9.04. The molecule has 0 saturated heterocycles. The number of alkyl halides is 3. The summed E-state index contributed by atoms with van der Waals surface area (Å²) in [7, 11) is 0. The molecule has 1 aliphatic heterocycles.